The van der Waals surface area contributed by atoms with Crippen LogP contribution < -0.4 is 4.72 Å². The van der Waals surface area contributed by atoms with Crippen LogP contribution in [-0.2, 0) is 16.6 Å². The molecule has 0 aliphatic rings. The molecule has 20 heavy (non-hydrogen) atoms. The van der Waals surface area contributed by atoms with E-state index in [1.165, 1.54) is 18.3 Å². The van der Waals surface area contributed by atoms with Crippen molar-refractivity contribution in [3.8, 4) is 0 Å². The highest BCUT2D eigenvalue weighted by molar-refractivity contribution is 9.10. The van der Waals surface area contributed by atoms with Gasteiger partial charge < -0.3 is 9.52 Å². The van der Waals surface area contributed by atoms with E-state index in [-0.39, 0.29) is 17.2 Å². The summed E-state index contributed by atoms with van der Waals surface area (Å²) in [6.07, 6.45) is 0. The van der Waals surface area contributed by atoms with Gasteiger partial charge in [-0.15, -0.1) is 11.3 Å². The molecule has 0 fully saturated rings. The SMILES string of the molecule is Cc1oc(C(=O)O)cc1S(=O)(=O)NCc1cc(Br)cs1. The Morgan fingerprint density at radius 2 is 2.20 bits per heavy atom. The van der Waals surface area contributed by atoms with Gasteiger partial charge in [0.25, 0.3) is 0 Å². The van der Waals surface area contributed by atoms with Crippen LogP contribution in [0.4, 0.5) is 0 Å². The quantitative estimate of drug-likeness (QED) is 0.831. The largest absolute Gasteiger partial charge is 0.475 e. The molecule has 0 atom stereocenters. The van der Waals surface area contributed by atoms with Crippen molar-refractivity contribution in [1.29, 1.82) is 0 Å². The van der Waals surface area contributed by atoms with E-state index in [2.05, 4.69) is 20.7 Å². The number of sulfonamides is 1. The van der Waals surface area contributed by atoms with Gasteiger partial charge >= 0.3 is 5.97 Å². The zero-order valence-corrected chi connectivity index (χ0v) is 13.4. The molecule has 0 saturated heterocycles. The van der Waals surface area contributed by atoms with Crippen molar-refractivity contribution in [3.05, 3.63) is 38.4 Å². The standard InChI is InChI=1S/C11H10BrNO5S2/c1-6-10(3-9(18-6)11(14)15)20(16,17)13-4-8-2-7(12)5-19-8/h2-3,5,13H,4H2,1H3,(H,14,15). The third-order valence-corrected chi connectivity index (χ3v) is 5.64. The molecule has 9 heteroatoms. The van der Waals surface area contributed by atoms with Crippen molar-refractivity contribution in [2.24, 2.45) is 0 Å². The normalized spacial score (nSPS) is 11.7. The summed E-state index contributed by atoms with van der Waals surface area (Å²) in [5, 5.41) is 10.6. The van der Waals surface area contributed by atoms with E-state index in [9.17, 15) is 13.2 Å². The number of hydrogen-bond acceptors (Lipinski definition) is 5. The van der Waals surface area contributed by atoms with Crippen LogP contribution in [0.5, 0.6) is 0 Å². The summed E-state index contributed by atoms with van der Waals surface area (Å²) in [7, 11) is -3.81. The molecular formula is C11H10BrNO5S2. The molecule has 2 heterocycles. The van der Waals surface area contributed by atoms with Crippen LogP contribution in [0, 0.1) is 6.92 Å². The molecule has 0 spiro atoms. The average Bonchev–Trinajstić information content (AvgIpc) is 2.93. The van der Waals surface area contributed by atoms with E-state index in [1.54, 1.807) is 6.07 Å². The Bertz CT molecular complexity index is 747. The smallest absolute Gasteiger partial charge is 0.371 e. The number of aromatic carboxylic acids is 1. The first-order valence-electron chi connectivity index (χ1n) is 5.36. The maximum absolute atomic E-state index is 12.1. The predicted molar refractivity (Wildman–Crippen MR) is 76.4 cm³/mol. The molecule has 6 nitrogen and oxygen atoms in total. The first-order chi connectivity index (χ1) is 9.29. The predicted octanol–water partition coefficient (Wildman–Crippen LogP) is 2.59. The zero-order chi connectivity index (χ0) is 14.9. The molecule has 0 aliphatic heterocycles. The molecule has 2 aromatic heterocycles. The molecule has 2 rings (SSSR count). The van der Waals surface area contributed by atoms with Crippen molar-refractivity contribution < 1.29 is 22.7 Å². The van der Waals surface area contributed by atoms with E-state index in [4.69, 9.17) is 9.52 Å². The second-order valence-corrected chi connectivity index (χ2v) is 7.54. The highest BCUT2D eigenvalue weighted by Gasteiger charge is 2.23. The average molecular weight is 380 g/mol. The van der Waals surface area contributed by atoms with Crippen LogP contribution >= 0.6 is 27.3 Å². The Kier molecular flexibility index (Phi) is 4.33. The van der Waals surface area contributed by atoms with E-state index >= 15 is 0 Å². The number of thiophene rings is 1. The van der Waals surface area contributed by atoms with Crippen molar-refractivity contribution in [2.75, 3.05) is 0 Å². The van der Waals surface area contributed by atoms with Gasteiger partial charge in [-0.1, -0.05) is 0 Å². The van der Waals surface area contributed by atoms with Crippen LogP contribution in [0.2, 0.25) is 0 Å². The molecule has 2 N–H and O–H groups in total. The minimum atomic E-state index is -3.81. The topological polar surface area (TPSA) is 96.6 Å². The third kappa shape index (κ3) is 3.29. The lowest BCUT2D eigenvalue weighted by atomic mass is 10.4. The Balaban J connectivity index is 2.20. The minimum Gasteiger partial charge on any atom is -0.475 e. The highest BCUT2D eigenvalue weighted by Crippen LogP contribution is 2.22. The van der Waals surface area contributed by atoms with Gasteiger partial charge in [0.15, 0.2) is 0 Å². The molecule has 2 aromatic rings. The molecule has 0 aliphatic carbocycles. The van der Waals surface area contributed by atoms with Crippen LogP contribution in [0.15, 0.2) is 31.3 Å². The van der Waals surface area contributed by atoms with E-state index in [1.807, 2.05) is 5.38 Å². The van der Waals surface area contributed by atoms with Crippen molar-refractivity contribution in [3.63, 3.8) is 0 Å². The Labute approximate surface area is 127 Å². The van der Waals surface area contributed by atoms with E-state index in [0.717, 1.165) is 15.4 Å². The lowest BCUT2D eigenvalue weighted by Gasteiger charge is -2.03. The first kappa shape index (κ1) is 15.2. The number of carboxylic acid groups (broad SMARTS) is 1. The van der Waals surface area contributed by atoms with Crippen LogP contribution in [0.3, 0.4) is 0 Å². The Morgan fingerprint density at radius 3 is 2.70 bits per heavy atom. The molecule has 0 aromatic carbocycles. The van der Waals surface area contributed by atoms with E-state index in [0.29, 0.717) is 0 Å². The lowest BCUT2D eigenvalue weighted by molar-refractivity contribution is 0.0661. The summed E-state index contributed by atoms with van der Waals surface area (Å²) in [5.74, 6) is -1.67. The number of furan rings is 1. The fourth-order valence-corrected chi connectivity index (χ4v) is 4.19. The van der Waals surface area contributed by atoms with Gasteiger partial charge in [-0.25, -0.2) is 17.9 Å². The van der Waals surface area contributed by atoms with Gasteiger partial charge in [0, 0.05) is 27.3 Å². The summed E-state index contributed by atoms with van der Waals surface area (Å²) < 4.78 is 32.4. The molecular weight excluding hydrogens is 370 g/mol. The number of hydrogen-bond donors (Lipinski definition) is 2. The molecule has 0 unspecified atom stereocenters. The molecule has 108 valence electrons. The number of aryl methyl sites for hydroxylation is 1. The molecule has 0 radical (unpaired) electrons. The number of carboxylic acids is 1. The number of nitrogens with one attached hydrogen (secondary N) is 1. The monoisotopic (exact) mass is 379 g/mol. The minimum absolute atomic E-state index is 0.0438. The fourth-order valence-electron chi connectivity index (χ4n) is 1.53. The van der Waals surface area contributed by atoms with Gasteiger partial charge in [0.2, 0.25) is 15.8 Å². The molecule has 0 bridgehead atoms. The van der Waals surface area contributed by atoms with Gasteiger partial charge in [0.05, 0.1) is 0 Å². The number of carbonyl (C=O) groups is 1. The van der Waals surface area contributed by atoms with Crippen molar-refractivity contribution >= 4 is 43.3 Å². The first-order valence-corrected chi connectivity index (χ1v) is 8.51. The van der Waals surface area contributed by atoms with Crippen LogP contribution in [0.25, 0.3) is 0 Å². The Hall–Kier alpha value is -1.16. The summed E-state index contributed by atoms with van der Waals surface area (Å²) >= 11 is 4.69. The summed E-state index contributed by atoms with van der Waals surface area (Å²) in [4.78, 5) is 11.4. The van der Waals surface area contributed by atoms with Gasteiger partial charge in [-0.05, 0) is 28.9 Å². The summed E-state index contributed by atoms with van der Waals surface area (Å²) in [6, 6.07) is 2.81. The second-order valence-electron chi connectivity index (χ2n) is 3.89. The van der Waals surface area contributed by atoms with Crippen molar-refractivity contribution in [2.45, 2.75) is 18.4 Å². The highest BCUT2D eigenvalue weighted by atomic mass is 79.9. The lowest BCUT2D eigenvalue weighted by Crippen LogP contribution is -2.23. The van der Waals surface area contributed by atoms with Crippen LogP contribution in [0.1, 0.15) is 21.2 Å². The van der Waals surface area contributed by atoms with Gasteiger partial charge in [-0.2, -0.15) is 0 Å². The maximum Gasteiger partial charge on any atom is 0.371 e. The molecule has 0 saturated carbocycles. The second kappa shape index (κ2) is 5.68. The summed E-state index contributed by atoms with van der Waals surface area (Å²) in [5.41, 5.74) is 0. The Morgan fingerprint density at radius 1 is 1.50 bits per heavy atom. The number of rotatable bonds is 5. The zero-order valence-electron chi connectivity index (χ0n) is 10.2. The maximum atomic E-state index is 12.1. The fraction of sp³-hybridized carbons (Fsp3) is 0.182. The van der Waals surface area contributed by atoms with Gasteiger partial charge in [-0.3, -0.25) is 0 Å². The van der Waals surface area contributed by atoms with Gasteiger partial charge in [0.1, 0.15) is 10.7 Å². The van der Waals surface area contributed by atoms with Crippen molar-refractivity contribution in [1.82, 2.24) is 4.72 Å². The number of halogens is 1. The molecule has 0 amide bonds. The van der Waals surface area contributed by atoms with Crippen LogP contribution in [-0.4, -0.2) is 19.5 Å². The summed E-state index contributed by atoms with van der Waals surface area (Å²) in [6.45, 7) is 1.54. The van der Waals surface area contributed by atoms with E-state index < -0.39 is 21.8 Å². The third-order valence-electron chi connectivity index (χ3n) is 2.43.